The molecule has 2 rings (SSSR count). The molecule has 2 N–H and O–H groups in total. The summed E-state index contributed by atoms with van der Waals surface area (Å²) in [4.78, 5) is 4.39. The molecule has 16 heavy (non-hydrogen) atoms. The van der Waals surface area contributed by atoms with Crippen LogP contribution < -0.4 is 5.73 Å². The van der Waals surface area contributed by atoms with Crippen molar-refractivity contribution in [3.63, 3.8) is 0 Å². The average molecular weight is 253 g/mol. The van der Waals surface area contributed by atoms with Gasteiger partial charge < -0.3 is 5.73 Å². The summed E-state index contributed by atoms with van der Waals surface area (Å²) in [5, 5.41) is 1.06. The standard InChI is InChI=1S/C12H10Cl2N2/c1-7-11(15)4-5-12(16-7)8-2-3-9(13)10(14)6-8/h2-6H,15H2,1H3. The number of nitrogen functional groups attached to an aromatic ring is 1. The summed E-state index contributed by atoms with van der Waals surface area (Å²) in [5.41, 5.74) is 8.97. The van der Waals surface area contributed by atoms with Gasteiger partial charge in [0.15, 0.2) is 0 Å². The van der Waals surface area contributed by atoms with E-state index in [1.54, 1.807) is 12.1 Å². The van der Waals surface area contributed by atoms with Gasteiger partial charge in [-0.15, -0.1) is 0 Å². The van der Waals surface area contributed by atoms with Gasteiger partial charge in [0.1, 0.15) is 0 Å². The van der Waals surface area contributed by atoms with Gasteiger partial charge in [-0.05, 0) is 31.2 Å². The first-order chi connectivity index (χ1) is 7.58. The Balaban J connectivity index is 2.50. The highest BCUT2D eigenvalue weighted by Gasteiger charge is 2.04. The number of anilines is 1. The van der Waals surface area contributed by atoms with Crippen molar-refractivity contribution in [2.45, 2.75) is 6.92 Å². The molecule has 4 heteroatoms. The minimum Gasteiger partial charge on any atom is -0.397 e. The first-order valence-electron chi connectivity index (χ1n) is 4.76. The van der Waals surface area contributed by atoms with Gasteiger partial charge in [0.25, 0.3) is 0 Å². The van der Waals surface area contributed by atoms with Crippen LogP contribution in [0.15, 0.2) is 30.3 Å². The fourth-order valence-electron chi connectivity index (χ4n) is 1.39. The lowest BCUT2D eigenvalue weighted by atomic mass is 10.1. The third-order valence-electron chi connectivity index (χ3n) is 2.34. The van der Waals surface area contributed by atoms with E-state index in [-0.39, 0.29) is 0 Å². The van der Waals surface area contributed by atoms with Crippen molar-refractivity contribution in [1.29, 1.82) is 0 Å². The first-order valence-corrected chi connectivity index (χ1v) is 5.52. The molecule has 0 aliphatic heterocycles. The largest absolute Gasteiger partial charge is 0.397 e. The minimum atomic E-state index is 0.524. The number of benzene rings is 1. The zero-order valence-electron chi connectivity index (χ0n) is 8.67. The first kappa shape index (κ1) is 11.2. The average Bonchev–Trinajstić information content (AvgIpc) is 2.26. The second-order valence-electron chi connectivity index (χ2n) is 3.50. The molecule has 0 aliphatic carbocycles. The number of pyridine rings is 1. The van der Waals surface area contributed by atoms with Crippen LogP contribution in [0.4, 0.5) is 5.69 Å². The number of aromatic nitrogens is 1. The zero-order valence-corrected chi connectivity index (χ0v) is 10.2. The van der Waals surface area contributed by atoms with Gasteiger partial charge in [-0.25, -0.2) is 0 Å². The van der Waals surface area contributed by atoms with Gasteiger partial charge >= 0.3 is 0 Å². The fraction of sp³-hybridized carbons (Fsp3) is 0.0833. The second kappa shape index (κ2) is 4.32. The molecule has 0 radical (unpaired) electrons. The van der Waals surface area contributed by atoms with Crippen molar-refractivity contribution >= 4 is 28.9 Å². The maximum Gasteiger partial charge on any atom is 0.0707 e. The van der Waals surface area contributed by atoms with Crippen LogP contribution in [0.2, 0.25) is 10.0 Å². The Morgan fingerprint density at radius 3 is 2.44 bits per heavy atom. The molecule has 0 bridgehead atoms. The number of aryl methyl sites for hydroxylation is 1. The zero-order chi connectivity index (χ0) is 11.7. The quantitative estimate of drug-likeness (QED) is 0.835. The van der Waals surface area contributed by atoms with Gasteiger partial charge in [0.2, 0.25) is 0 Å². The summed E-state index contributed by atoms with van der Waals surface area (Å²) in [6, 6.07) is 9.13. The smallest absolute Gasteiger partial charge is 0.0707 e. The van der Waals surface area contributed by atoms with Crippen LogP contribution in [0, 0.1) is 6.92 Å². The van der Waals surface area contributed by atoms with Gasteiger partial charge in [-0.2, -0.15) is 0 Å². The highest BCUT2D eigenvalue weighted by atomic mass is 35.5. The lowest BCUT2D eigenvalue weighted by Crippen LogP contribution is -1.94. The van der Waals surface area contributed by atoms with Gasteiger partial charge in [0, 0.05) is 5.56 Å². The van der Waals surface area contributed by atoms with Gasteiger partial charge in [0.05, 0.1) is 27.1 Å². The Bertz CT molecular complexity index is 489. The lowest BCUT2D eigenvalue weighted by Gasteiger charge is -2.05. The van der Waals surface area contributed by atoms with E-state index in [9.17, 15) is 0 Å². The summed E-state index contributed by atoms with van der Waals surface area (Å²) >= 11 is 11.8. The Morgan fingerprint density at radius 1 is 1.06 bits per heavy atom. The van der Waals surface area contributed by atoms with E-state index in [0.29, 0.717) is 15.7 Å². The van der Waals surface area contributed by atoms with E-state index in [1.807, 2.05) is 25.1 Å². The van der Waals surface area contributed by atoms with Crippen molar-refractivity contribution in [3.05, 3.63) is 46.1 Å². The van der Waals surface area contributed by atoms with Crippen LogP contribution in [0.1, 0.15) is 5.69 Å². The molecule has 1 aromatic carbocycles. The number of hydrogen-bond acceptors (Lipinski definition) is 2. The highest BCUT2D eigenvalue weighted by molar-refractivity contribution is 6.42. The number of halogens is 2. The van der Waals surface area contributed by atoms with Gasteiger partial charge in [-0.1, -0.05) is 29.3 Å². The summed E-state index contributed by atoms with van der Waals surface area (Å²) < 4.78 is 0. The van der Waals surface area contributed by atoms with Crippen molar-refractivity contribution in [2.75, 3.05) is 5.73 Å². The highest BCUT2D eigenvalue weighted by Crippen LogP contribution is 2.28. The SMILES string of the molecule is Cc1nc(-c2ccc(Cl)c(Cl)c2)ccc1N. The molecule has 82 valence electrons. The summed E-state index contributed by atoms with van der Waals surface area (Å²) in [5.74, 6) is 0. The molecule has 0 fully saturated rings. The maximum atomic E-state index is 5.95. The van der Waals surface area contributed by atoms with Crippen molar-refractivity contribution in [1.82, 2.24) is 4.98 Å². The molecule has 2 nitrogen and oxygen atoms in total. The van der Waals surface area contributed by atoms with Crippen LogP contribution in [-0.2, 0) is 0 Å². The molecule has 0 unspecified atom stereocenters. The number of rotatable bonds is 1. The topological polar surface area (TPSA) is 38.9 Å². The second-order valence-corrected chi connectivity index (χ2v) is 4.31. The Hall–Kier alpha value is -1.25. The lowest BCUT2D eigenvalue weighted by molar-refractivity contribution is 1.21. The van der Waals surface area contributed by atoms with Crippen molar-refractivity contribution in [2.24, 2.45) is 0 Å². The predicted molar refractivity (Wildman–Crippen MR) is 68.8 cm³/mol. The van der Waals surface area contributed by atoms with E-state index in [2.05, 4.69) is 4.98 Å². The summed E-state index contributed by atoms with van der Waals surface area (Å²) in [6.07, 6.45) is 0. The number of hydrogen-bond donors (Lipinski definition) is 1. The van der Waals surface area contributed by atoms with Crippen LogP contribution in [-0.4, -0.2) is 4.98 Å². The van der Waals surface area contributed by atoms with E-state index < -0.39 is 0 Å². The molecular formula is C12H10Cl2N2. The van der Waals surface area contributed by atoms with Crippen LogP contribution in [0.5, 0.6) is 0 Å². The molecule has 0 atom stereocenters. The number of nitrogens with two attached hydrogens (primary N) is 1. The van der Waals surface area contributed by atoms with Crippen LogP contribution in [0.3, 0.4) is 0 Å². The molecule has 0 spiro atoms. The van der Waals surface area contributed by atoms with E-state index >= 15 is 0 Å². The third-order valence-corrected chi connectivity index (χ3v) is 3.08. The van der Waals surface area contributed by atoms with E-state index in [1.165, 1.54) is 0 Å². The molecule has 0 aliphatic rings. The van der Waals surface area contributed by atoms with Crippen LogP contribution in [0.25, 0.3) is 11.3 Å². The molecule has 0 saturated carbocycles. The molecule has 0 saturated heterocycles. The Morgan fingerprint density at radius 2 is 1.81 bits per heavy atom. The molecule has 2 aromatic rings. The number of nitrogens with zero attached hydrogens (tertiary/aromatic N) is 1. The summed E-state index contributed by atoms with van der Waals surface area (Å²) in [6.45, 7) is 1.87. The van der Waals surface area contributed by atoms with Gasteiger partial charge in [-0.3, -0.25) is 4.98 Å². The summed E-state index contributed by atoms with van der Waals surface area (Å²) in [7, 11) is 0. The predicted octanol–water partition coefficient (Wildman–Crippen LogP) is 3.95. The molecule has 1 heterocycles. The maximum absolute atomic E-state index is 5.95. The third kappa shape index (κ3) is 2.13. The molecule has 1 aromatic heterocycles. The Labute approximate surface area is 104 Å². The van der Waals surface area contributed by atoms with E-state index in [0.717, 1.165) is 17.0 Å². The monoisotopic (exact) mass is 252 g/mol. The molecule has 0 amide bonds. The van der Waals surface area contributed by atoms with Crippen molar-refractivity contribution in [3.8, 4) is 11.3 Å². The minimum absolute atomic E-state index is 0.524. The normalized spacial score (nSPS) is 10.4. The Kier molecular flexibility index (Phi) is 3.03. The van der Waals surface area contributed by atoms with Crippen molar-refractivity contribution < 1.29 is 0 Å². The van der Waals surface area contributed by atoms with E-state index in [4.69, 9.17) is 28.9 Å². The molecular weight excluding hydrogens is 243 g/mol. The fourth-order valence-corrected chi connectivity index (χ4v) is 1.69. The van der Waals surface area contributed by atoms with Crippen LogP contribution >= 0.6 is 23.2 Å².